The maximum Gasteiger partial charge on any atom is 0.0474 e. The lowest BCUT2D eigenvalue weighted by molar-refractivity contribution is 0.0131. The topological polar surface area (TPSA) is 25.8 Å². The quantitative estimate of drug-likeness (QED) is 0.160. The minimum atomic E-state index is -0.399. The van der Waals surface area contributed by atoms with Gasteiger partial charge in [-0.15, -0.1) is 9.24 Å². The summed E-state index contributed by atoms with van der Waals surface area (Å²) in [5.41, 5.74) is 11.8. The molecule has 0 radical (unpaired) electrons. The van der Waals surface area contributed by atoms with Gasteiger partial charge in [0.1, 0.15) is 0 Å². The van der Waals surface area contributed by atoms with Crippen LogP contribution in [-0.2, 0) is 5.16 Å². The van der Waals surface area contributed by atoms with E-state index in [1.165, 1.54) is 104 Å². The molecule has 270 valence electrons. The number of aromatic nitrogens is 2. The van der Waals surface area contributed by atoms with E-state index in [4.69, 9.17) is 9.97 Å². The first-order valence-corrected chi connectivity index (χ1v) is 23.3. The molecule has 13 rings (SSSR count). The van der Waals surface area contributed by atoms with Gasteiger partial charge in [0.05, 0.1) is 0 Å². The summed E-state index contributed by atoms with van der Waals surface area (Å²) < 4.78 is 0. The van der Waals surface area contributed by atoms with Gasteiger partial charge in [-0.05, 0) is 180 Å². The molecule has 9 aliphatic rings. The van der Waals surface area contributed by atoms with Gasteiger partial charge in [-0.25, -0.2) is 0 Å². The Morgan fingerprint density at radius 1 is 0.547 bits per heavy atom. The van der Waals surface area contributed by atoms with Crippen LogP contribution >= 0.6 is 17.2 Å². The van der Waals surface area contributed by atoms with Crippen LogP contribution in [0.1, 0.15) is 86.5 Å². The van der Waals surface area contributed by atoms with Crippen LogP contribution in [0.2, 0.25) is 0 Å². The average molecular weight is 733 g/mol. The lowest BCUT2D eigenvalue weighted by Gasteiger charge is -2.62. The molecule has 0 amide bonds. The molecule has 2 nitrogen and oxygen atoms in total. The summed E-state index contributed by atoms with van der Waals surface area (Å²) in [6, 6.07) is 31.8. The van der Waals surface area contributed by atoms with E-state index in [9.17, 15) is 0 Å². The van der Waals surface area contributed by atoms with Gasteiger partial charge in [-0.3, -0.25) is 9.97 Å². The molecule has 8 fully saturated rings. The van der Waals surface area contributed by atoms with Crippen molar-refractivity contribution < 1.29 is 0 Å². The number of benzene rings is 2. The molecule has 0 saturated heterocycles. The minimum absolute atomic E-state index is 0.171. The molecule has 9 aliphatic carbocycles. The predicted octanol–water partition coefficient (Wildman–Crippen LogP) is 11.9. The predicted molar refractivity (Wildman–Crippen MR) is 224 cm³/mol. The SMILES string of the molecule is PC(c1cccnc1)(c1cccnc1)C1C=C(c2ccccc2)C(c2ccccc2)=C1CP(C1C2CC3CC(C2)CC1C3)C1C2CC3CC(C2)CC1C3. The maximum atomic E-state index is 4.77. The van der Waals surface area contributed by atoms with Gasteiger partial charge in [0.25, 0.3) is 0 Å². The lowest BCUT2D eigenvalue weighted by atomic mass is 9.55. The van der Waals surface area contributed by atoms with E-state index in [0.717, 1.165) is 58.7 Å². The second-order valence-corrected chi connectivity index (χ2v) is 22.0. The molecule has 2 atom stereocenters. The van der Waals surface area contributed by atoms with Crippen LogP contribution < -0.4 is 0 Å². The Morgan fingerprint density at radius 2 is 1.00 bits per heavy atom. The number of hydrogen-bond acceptors (Lipinski definition) is 2. The first kappa shape index (κ1) is 33.4. The van der Waals surface area contributed by atoms with Crippen LogP contribution in [0.15, 0.2) is 121 Å². The van der Waals surface area contributed by atoms with Crippen molar-refractivity contribution in [1.29, 1.82) is 0 Å². The Hall–Kier alpha value is -2.92. The molecular weight excluding hydrogens is 679 g/mol. The highest BCUT2D eigenvalue weighted by molar-refractivity contribution is 7.59. The molecule has 0 N–H and O–H groups in total. The second-order valence-electron chi connectivity index (χ2n) is 18.6. The first-order valence-electron chi connectivity index (χ1n) is 21.0. The molecular formula is C49H54N2P2. The summed E-state index contributed by atoms with van der Waals surface area (Å²) in [4.78, 5) is 9.54. The zero-order valence-electron chi connectivity index (χ0n) is 31.0. The molecule has 2 aromatic carbocycles. The Kier molecular flexibility index (Phi) is 8.44. The molecule has 2 heterocycles. The maximum absolute atomic E-state index is 4.77. The molecule has 8 bridgehead atoms. The number of pyridine rings is 2. The fraction of sp³-hybridized carbons (Fsp3) is 0.469. The third kappa shape index (κ3) is 5.62. The Morgan fingerprint density at radius 3 is 1.43 bits per heavy atom. The average Bonchev–Trinajstić information content (AvgIpc) is 3.57. The highest BCUT2D eigenvalue weighted by atomic mass is 31.1. The smallest absolute Gasteiger partial charge is 0.0474 e. The molecule has 2 aromatic heterocycles. The Labute approximate surface area is 320 Å². The van der Waals surface area contributed by atoms with Crippen LogP contribution in [0.4, 0.5) is 0 Å². The van der Waals surface area contributed by atoms with Crippen LogP contribution in [0, 0.1) is 53.3 Å². The van der Waals surface area contributed by atoms with E-state index < -0.39 is 5.16 Å². The van der Waals surface area contributed by atoms with Gasteiger partial charge < -0.3 is 0 Å². The second kappa shape index (κ2) is 13.4. The Bertz CT molecular complexity index is 1870. The van der Waals surface area contributed by atoms with E-state index in [2.05, 4.69) is 113 Å². The van der Waals surface area contributed by atoms with E-state index >= 15 is 0 Å². The van der Waals surface area contributed by atoms with Crippen LogP contribution in [0.5, 0.6) is 0 Å². The van der Waals surface area contributed by atoms with Crippen molar-refractivity contribution in [3.05, 3.63) is 144 Å². The van der Waals surface area contributed by atoms with Crippen molar-refractivity contribution in [2.24, 2.45) is 53.3 Å². The highest BCUT2D eigenvalue weighted by Crippen LogP contribution is 2.72. The standard InChI is InChI=1S/C49H54N2P2/c52-49(41-13-7-15-50-28-41,42-14-8-16-51-29-42)45-27-43(35-9-3-1-4-10-35)46(36-11-5-2-6-12-36)44(45)30-53(47-37-19-31-17-32(21-37)22-38(47)20-31)48-39-23-33-18-34(25-39)26-40(48)24-33/h1-16,27-29,31-34,37-40,45,47-48H,17-26,30,52H2. The third-order valence-electron chi connectivity index (χ3n) is 15.7. The summed E-state index contributed by atoms with van der Waals surface area (Å²) in [7, 11) is 3.24. The van der Waals surface area contributed by atoms with Gasteiger partial charge >= 0.3 is 0 Å². The van der Waals surface area contributed by atoms with Gasteiger partial charge in [0.2, 0.25) is 0 Å². The van der Waals surface area contributed by atoms with Crippen molar-refractivity contribution in [3.8, 4) is 0 Å². The lowest BCUT2D eigenvalue weighted by Crippen LogP contribution is -2.53. The van der Waals surface area contributed by atoms with Crippen LogP contribution in [0.3, 0.4) is 0 Å². The Balaban J connectivity index is 1.13. The number of rotatable bonds is 9. The van der Waals surface area contributed by atoms with Gasteiger partial charge in [-0.2, -0.15) is 0 Å². The van der Waals surface area contributed by atoms with Gasteiger partial charge in [0.15, 0.2) is 0 Å². The zero-order chi connectivity index (χ0) is 35.1. The summed E-state index contributed by atoms with van der Waals surface area (Å²) in [6.07, 6.45) is 27.4. The fourth-order valence-electron chi connectivity index (χ4n) is 14.3. The van der Waals surface area contributed by atoms with Gasteiger partial charge in [0, 0.05) is 35.9 Å². The van der Waals surface area contributed by atoms with E-state index in [1.54, 1.807) is 5.57 Å². The fourth-order valence-corrected chi connectivity index (χ4v) is 19.6. The minimum Gasteiger partial charge on any atom is -0.264 e. The normalized spacial score (nSPS) is 35.9. The van der Waals surface area contributed by atoms with Crippen molar-refractivity contribution in [1.82, 2.24) is 9.97 Å². The number of allylic oxidation sites excluding steroid dienone is 4. The summed E-state index contributed by atoms with van der Waals surface area (Å²) in [5.74, 6) is 8.11. The molecule has 2 unspecified atom stereocenters. The van der Waals surface area contributed by atoms with E-state index in [-0.39, 0.29) is 13.8 Å². The van der Waals surface area contributed by atoms with E-state index in [1.807, 2.05) is 12.4 Å². The zero-order valence-corrected chi connectivity index (χ0v) is 33.1. The summed E-state index contributed by atoms with van der Waals surface area (Å²) in [5, 5.41) is -0.399. The van der Waals surface area contributed by atoms with Crippen LogP contribution in [-0.4, -0.2) is 27.4 Å². The number of hydrogen-bond donors (Lipinski definition) is 0. The molecule has 53 heavy (non-hydrogen) atoms. The number of nitrogens with zero attached hydrogens (tertiary/aromatic N) is 2. The highest BCUT2D eigenvalue weighted by Gasteiger charge is 2.57. The molecule has 4 aromatic rings. The van der Waals surface area contributed by atoms with Gasteiger partial charge in [-0.1, -0.05) is 86.8 Å². The molecule has 4 heteroatoms. The molecule has 8 saturated carbocycles. The monoisotopic (exact) mass is 732 g/mol. The van der Waals surface area contributed by atoms with Crippen molar-refractivity contribution in [3.63, 3.8) is 0 Å². The summed E-state index contributed by atoms with van der Waals surface area (Å²) in [6.45, 7) is 0. The van der Waals surface area contributed by atoms with E-state index in [0.29, 0.717) is 0 Å². The largest absolute Gasteiger partial charge is 0.264 e. The molecule has 0 aliphatic heterocycles. The third-order valence-corrected chi connectivity index (χ3v) is 20.6. The first-order chi connectivity index (χ1) is 26.1. The van der Waals surface area contributed by atoms with Crippen molar-refractivity contribution in [2.75, 3.05) is 6.16 Å². The molecule has 0 spiro atoms. The van der Waals surface area contributed by atoms with Crippen molar-refractivity contribution >= 4 is 28.3 Å². The van der Waals surface area contributed by atoms with Crippen molar-refractivity contribution in [2.45, 2.75) is 80.7 Å². The summed E-state index contributed by atoms with van der Waals surface area (Å²) >= 11 is 0. The van der Waals surface area contributed by atoms with Crippen LogP contribution in [0.25, 0.3) is 11.1 Å².